The van der Waals surface area contributed by atoms with Gasteiger partial charge in [0.1, 0.15) is 0 Å². The summed E-state index contributed by atoms with van der Waals surface area (Å²) in [5.41, 5.74) is 4.33. The van der Waals surface area contributed by atoms with E-state index in [0.29, 0.717) is 12.2 Å². The van der Waals surface area contributed by atoms with Crippen LogP contribution >= 0.6 is 0 Å². The molecule has 6 nitrogen and oxygen atoms in total. The fraction of sp³-hybridized carbons (Fsp3) is 0.417. The van der Waals surface area contributed by atoms with Gasteiger partial charge in [0.15, 0.2) is 0 Å². The van der Waals surface area contributed by atoms with E-state index in [2.05, 4.69) is 58.7 Å². The van der Waals surface area contributed by atoms with Crippen molar-refractivity contribution >= 4 is 23.2 Å². The maximum Gasteiger partial charge on any atom is 0.313 e. The van der Waals surface area contributed by atoms with Crippen molar-refractivity contribution in [3.63, 3.8) is 0 Å². The summed E-state index contributed by atoms with van der Waals surface area (Å²) >= 11 is 0. The topological polar surface area (TPSA) is 64.7 Å². The molecule has 0 spiro atoms. The average Bonchev–Trinajstić information content (AvgIpc) is 2.78. The zero-order chi connectivity index (χ0) is 21.3. The van der Waals surface area contributed by atoms with Gasteiger partial charge in [0.25, 0.3) is 0 Å². The molecular weight excluding hydrogens is 376 g/mol. The van der Waals surface area contributed by atoms with E-state index in [-0.39, 0.29) is 0 Å². The lowest BCUT2D eigenvalue weighted by Crippen LogP contribution is -2.44. The molecule has 6 heteroatoms. The van der Waals surface area contributed by atoms with Gasteiger partial charge in [-0.3, -0.25) is 9.59 Å². The van der Waals surface area contributed by atoms with E-state index in [4.69, 9.17) is 0 Å². The lowest BCUT2D eigenvalue weighted by atomic mass is 10.1. The Kier molecular flexibility index (Phi) is 7.85. The lowest BCUT2D eigenvalue weighted by Gasteiger charge is -2.34. The number of likely N-dealkylation sites (N-methyl/N-ethyl adjacent to an activating group) is 1. The molecule has 2 amide bonds. The number of hydrogen-bond acceptors (Lipinski definition) is 4. The van der Waals surface area contributed by atoms with Crippen LogP contribution in [0.15, 0.2) is 48.5 Å². The van der Waals surface area contributed by atoms with Gasteiger partial charge in [-0.05, 0) is 61.7 Å². The molecule has 0 aliphatic carbocycles. The molecule has 1 heterocycles. The maximum absolute atomic E-state index is 12.0. The van der Waals surface area contributed by atoms with Crippen LogP contribution in [-0.2, 0) is 22.4 Å². The Morgan fingerprint density at radius 1 is 0.867 bits per heavy atom. The van der Waals surface area contributed by atoms with E-state index in [1.807, 2.05) is 24.3 Å². The normalized spacial score (nSPS) is 14.4. The van der Waals surface area contributed by atoms with Crippen LogP contribution < -0.4 is 15.5 Å². The van der Waals surface area contributed by atoms with Crippen LogP contribution in [0.5, 0.6) is 0 Å². The minimum atomic E-state index is -0.629. The monoisotopic (exact) mass is 408 g/mol. The molecule has 1 saturated heterocycles. The Morgan fingerprint density at radius 3 is 2.13 bits per heavy atom. The number of aryl methyl sites for hydroxylation is 2. The Morgan fingerprint density at radius 2 is 1.50 bits per heavy atom. The third-order valence-corrected chi connectivity index (χ3v) is 5.56. The van der Waals surface area contributed by atoms with Gasteiger partial charge >= 0.3 is 11.8 Å². The molecule has 0 atom stereocenters. The Hall–Kier alpha value is -2.86. The van der Waals surface area contributed by atoms with Gasteiger partial charge in [-0.1, -0.05) is 31.2 Å². The number of anilines is 2. The number of carbonyl (C=O) groups is 2. The van der Waals surface area contributed by atoms with Gasteiger partial charge in [-0.25, -0.2) is 0 Å². The van der Waals surface area contributed by atoms with Gasteiger partial charge in [0.05, 0.1) is 0 Å². The number of benzene rings is 2. The number of piperazine rings is 1. The van der Waals surface area contributed by atoms with Crippen molar-refractivity contribution in [2.24, 2.45) is 0 Å². The second kappa shape index (κ2) is 10.8. The summed E-state index contributed by atoms with van der Waals surface area (Å²) in [6, 6.07) is 16.2. The zero-order valence-electron chi connectivity index (χ0n) is 18.0. The molecule has 0 radical (unpaired) electrons. The van der Waals surface area contributed by atoms with Crippen molar-refractivity contribution in [2.75, 3.05) is 50.0 Å². The van der Waals surface area contributed by atoms with E-state index in [0.717, 1.165) is 45.4 Å². The summed E-state index contributed by atoms with van der Waals surface area (Å²) in [4.78, 5) is 28.8. The van der Waals surface area contributed by atoms with Gasteiger partial charge in [0.2, 0.25) is 0 Å². The van der Waals surface area contributed by atoms with Crippen molar-refractivity contribution in [1.82, 2.24) is 10.2 Å². The van der Waals surface area contributed by atoms with E-state index in [1.165, 1.54) is 16.8 Å². The molecule has 160 valence electrons. The Balaban J connectivity index is 1.36. The third-order valence-electron chi connectivity index (χ3n) is 5.56. The van der Waals surface area contributed by atoms with Crippen molar-refractivity contribution < 1.29 is 9.59 Å². The van der Waals surface area contributed by atoms with E-state index < -0.39 is 11.8 Å². The first kappa shape index (κ1) is 21.8. The number of carbonyl (C=O) groups excluding carboxylic acids is 2. The van der Waals surface area contributed by atoms with Crippen LogP contribution in [0.3, 0.4) is 0 Å². The number of hydrogen-bond donors (Lipinski definition) is 2. The number of nitrogens with one attached hydrogen (secondary N) is 2. The molecule has 30 heavy (non-hydrogen) atoms. The van der Waals surface area contributed by atoms with E-state index in [9.17, 15) is 9.59 Å². The smallest absolute Gasteiger partial charge is 0.313 e. The minimum absolute atomic E-state index is 0.473. The molecule has 0 saturated carbocycles. The number of amides is 2. The molecule has 2 aromatic rings. The third kappa shape index (κ3) is 6.32. The summed E-state index contributed by atoms with van der Waals surface area (Å²) in [5, 5.41) is 5.33. The van der Waals surface area contributed by atoms with Crippen molar-refractivity contribution in [3.05, 3.63) is 59.7 Å². The van der Waals surface area contributed by atoms with Gasteiger partial charge in [-0.15, -0.1) is 0 Å². The van der Waals surface area contributed by atoms with Crippen molar-refractivity contribution in [1.29, 1.82) is 0 Å². The fourth-order valence-corrected chi connectivity index (χ4v) is 3.52. The predicted octanol–water partition coefficient (Wildman–Crippen LogP) is 2.69. The summed E-state index contributed by atoms with van der Waals surface area (Å²) < 4.78 is 0. The quantitative estimate of drug-likeness (QED) is 0.546. The molecule has 0 aromatic heterocycles. The standard InChI is InChI=1S/C24H32N4O2/c1-3-19-6-10-21(11-7-19)26-24(30)23(29)25-14-4-5-20-8-12-22(13-9-20)28-17-15-27(2)16-18-28/h6-13H,3-5,14-18H2,1-2H3,(H,25,29)(H,26,30). The lowest BCUT2D eigenvalue weighted by molar-refractivity contribution is -0.136. The molecule has 1 aliphatic heterocycles. The zero-order valence-corrected chi connectivity index (χ0v) is 18.0. The second-order valence-corrected chi connectivity index (χ2v) is 7.82. The first-order valence-corrected chi connectivity index (χ1v) is 10.8. The Labute approximate surface area is 179 Å². The largest absolute Gasteiger partial charge is 0.369 e. The van der Waals surface area contributed by atoms with Gasteiger partial charge < -0.3 is 20.4 Å². The highest BCUT2D eigenvalue weighted by Gasteiger charge is 2.14. The van der Waals surface area contributed by atoms with Crippen molar-refractivity contribution in [2.45, 2.75) is 26.2 Å². The first-order chi connectivity index (χ1) is 14.5. The highest BCUT2D eigenvalue weighted by molar-refractivity contribution is 6.39. The Bertz CT molecular complexity index is 825. The van der Waals surface area contributed by atoms with Crippen LogP contribution in [0.1, 0.15) is 24.5 Å². The number of nitrogens with zero attached hydrogens (tertiary/aromatic N) is 2. The van der Waals surface area contributed by atoms with Gasteiger partial charge in [0, 0.05) is 44.1 Å². The maximum atomic E-state index is 12.0. The molecule has 0 bridgehead atoms. The summed E-state index contributed by atoms with van der Waals surface area (Å²) in [5.74, 6) is -1.23. The fourth-order valence-electron chi connectivity index (χ4n) is 3.52. The SMILES string of the molecule is CCc1ccc(NC(=O)C(=O)NCCCc2ccc(N3CCN(C)CC3)cc2)cc1. The summed E-state index contributed by atoms with van der Waals surface area (Å²) in [6.45, 7) is 6.86. The molecular formula is C24H32N4O2. The van der Waals surface area contributed by atoms with Crippen LogP contribution in [-0.4, -0.2) is 56.5 Å². The van der Waals surface area contributed by atoms with Crippen LogP contribution in [0.4, 0.5) is 11.4 Å². The van der Waals surface area contributed by atoms with Crippen LogP contribution in [0.25, 0.3) is 0 Å². The molecule has 1 fully saturated rings. The molecule has 2 N–H and O–H groups in total. The molecule has 1 aliphatic rings. The van der Waals surface area contributed by atoms with Crippen LogP contribution in [0.2, 0.25) is 0 Å². The van der Waals surface area contributed by atoms with E-state index in [1.54, 1.807) is 0 Å². The molecule has 2 aromatic carbocycles. The summed E-state index contributed by atoms with van der Waals surface area (Å²) in [7, 11) is 2.16. The highest BCUT2D eigenvalue weighted by Crippen LogP contribution is 2.17. The van der Waals surface area contributed by atoms with Crippen LogP contribution in [0, 0.1) is 0 Å². The second-order valence-electron chi connectivity index (χ2n) is 7.82. The summed E-state index contributed by atoms with van der Waals surface area (Å²) in [6.07, 6.45) is 2.59. The first-order valence-electron chi connectivity index (χ1n) is 10.8. The van der Waals surface area contributed by atoms with Gasteiger partial charge in [-0.2, -0.15) is 0 Å². The van der Waals surface area contributed by atoms with E-state index >= 15 is 0 Å². The predicted molar refractivity (Wildman–Crippen MR) is 122 cm³/mol. The average molecular weight is 409 g/mol. The molecule has 3 rings (SSSR count). The van der Waals surface area contributed by atoms with Crippen molar-refractivity contribution in [3.8, 4) is 0 Å². The minimum Gasteiger partial charge on any atom is -0.369 e. The molecule has 0 unspecified atom stereocenters. The number of rotatable bonds is 7. The highest BCUT2D eigenvalue weighted by atomic mass is 16.2.